The molecule has 0 aliphatic heterocycles. The lowest BCUT2D eigenvalue weighted by Gasteiger charge is -1.93. The van der Waals surface area contributed by atoms with E-state index in [1.807, 2.05) is 24.3 Å². The van der Waals surface area contributed by atoms with Gasteiger partial charge in [0.2, 0.25) is 0 Å². The zero-order valence-electron chi connectivity index (χ0n) is 8.27. The van der Waals surface area contributed by atoms with Gasteiger partial charge in [0.15, 0.2) is 0 Å². The van der Waals surface area contributed by atoms with Crippen molar-refractivity contribution in [3.8, 4) is 0 Å². The van der Waals surface area contributed by atoms with Crippen LogP contribution >= 0.6 is 15.9 Å². The van der Waals surface area contributed by atoms with Crippen LogP contribution in [0, 0.1) is 5.82 Å². The second-order valence-corrected chi connectivity index (χ2v) is 4.07. The first kappa shape index (κ1) is 11.0. The van der Waals surface area contributed by atoms with Crippen molar-refractivity contribution >= 4 is 27.3 Å². The Morgan fingerprint density at radius 2 is 1.19 bits per heavy atom. The summed E-state index contributed by atoms with van der Waals surface area (Å²) < 4.78 is 13.6. The summed E-state index contributed by atoms with van der Waals surface area (Å²) in [4.78, 5) is 0. The molecule has 80 valence electrons. The molecule has 2 rings (SSSR count). The van der Waals surface area contributed by atoms with Crippen LogP contribution in [0.2, 0.25) is 0 Å². The lowest BCUT2D eigenvalue weighted by molar-refractivity contribution is 0.628. The highest BCUT2D eigenvalue weighted by molar-refractivity contribution is 9.10. The number of rotatable bonds is 2. The predicted molar refractivity (Wildman–Crippen MR) is 64.7 cm³/mol. The Morgan fingerprint density at radius 3 is 1.69 bits per heavy atom. The molecule has 2 nitrogen and oxygen atoms in total. The molecule has 0 atom stereocenters. The van der Waals surface area contributed by atoms with Gasteiger partial charge in [-0.05, 0) is 48.5 Å². The van der Waals surface area contributed by atoms with Crippen LogP contribution in [0.4, 0.5) is 15.8 Å². The summed E-state index contributed by atoms with van der Waals surface area (Å²) >= 11 is 3.34. The minimum Gasteiger partial charge on any atom is -0.207 e. The molecule has 2 aromatic rings. The maximum atomic E-state index is 12.6. The molecule has 0 N–H and O–H groups in total. The highest BCUT2D eigenvalue weighted by Crippen LogP contribution is 2.20. The van der Waals surface area contributed by atoms with E-state index in [0.29, 0.717) is 5.69 Å². The number of hydrogen-bond acceptors (Lipinski definition) is 2. The van der Waals surface area contributed by atoms with Crippen LogP contribution < -0.4 is 0 Å². The number of halogens is 2. The number of hydrogen-bond donors (Lipinski definition) is 0. The maximum absolute atomic E-state index is 12.6. The molecule has 0 saturated heterocycles. The van der Waals surface area contributed by atoms with Crippen molar-refractivity contribution < 1.29 is 4.39 Å². The summed E-state index contributed by atoms with van der Waals surface area (Å²) in [7, 11) is 0. The van der Waals surface area contributed by atoms with E-state index in [4.69, 9.17) is 0 Å². The first-order valence-corrected chi connectivity index (χ1v) is 5.46. The van der Waals surface area contributed by atoms with Gasteiger partial charge in [-0.2, -0.15) is 10.2 Å². The fourth-order valence-electron chi connectivity index (χ4n) is 1.13. The Balaban J connectivity index is 2.15. The van der Waals surface area contributed by atoms with Gasteiger partial charge < -0.3 is 0 Å². The van der Waals surface area contributed by atoms with Crippen molar-refractivity contribution in [2.45, 2.75) is 0 Å². The quantitative estimate of drug-likeness (QED) is 0.691. The third-order valence-corrected chi connectivity index (χ3v) is 2.46. The standard InChI is InChI=1S/C12H8BrFN2/c13-9-1-5-11(6-2-9)15-16-12-7-3-10(14)4-8-12/h1-8H. The molecular formula is C12H8BrFN2. The highest BCUT2D eigenvalue weighted by atomic mass is 79.9. The average Bonchev–Trinajstić information content (AvgIpc) is 2.30. The molecule has 0 amide bonds. The lowest BCUT2D eigenvalue weighted by atomic mass is 10.3. The van der Waals surface area contributed by atoms with Crippen molar-refractivity contribution in [3.63, 3.8) is 0 Å². The molecular weight excluding hydrogens is 271 g/mol. The summed E-state index contributed by atoms with van der Waals surface area (Å²) in [6, 6.07) is 13.3. The molecule has 0 aliphatic carbocycles. The predicted octanol–water partition coefficient (Wildman–Crippen LogP) is 5.00. The van der Waals surface area contributed by atoms with Crippen molar-refractivity contribution in [2.75, 3.05) is 0 Å². The molecule has 0 saturated carbocycles. The van der Waals surface area contributed by atoms with Crippen LogP contribution in [0.1, 0.15) is 0 Å². The fourth-order valence-corrected chi connectivity index (χ4v) is 1.40. The third-order valence-electron chi connectivity index (χ3n) is 1.93. The smallest absolute Gasteiger partial charge is 0.123 e. The van der Waals surface area contributed by atoms with E-state index >= 15 is 0 Å². The molecule has 0 spiro atoms. The summed E-state index contributed by atoms with van der Waals surface area (Å²) in [5, 5.41) is 8.02. The molecule has 16 heavy (non-hydrogen) atoms. The normalized spacial score (nSPS) is 10.9. The van der Waals surface area contributed by atoms with Gasteiger partial charge in [0, 0.05) is 4.47 Å². The van der Waals surface area contributed by atoms with E-state index in [0.717, 1.165) is 10.2 Å². The third kappa shape index (κ3) is 2.97. The van der Waals surface area contributed by atoms with Gasteiger partial charge in [-0.3, -0.25) is 0 Å². The van der Waals surface area contributed by atoms with Crippen LogP contribution in [-0.4, -0.2) is 0 Å². The van der Waals surface area contributed by atoms with Gasteiger partial charge in [0.25, 0.3) is 0 Å². The van der Waals surface area contributed by atoms with Gasteiger partial charge in [-0.25, -0.2) is 4.39 Å². The van der Waals surface area contributed by atoms with Crippen molar-refractivity contribution in [2.24, 2.45) is 10.2 Å². The first-order valence-electron chi connectivity index (χ1n) is 4.67. The van der Waals surface area contributed by atoms with Crippen LogP contribution in [0.3, 0.4) is 0 Å². The number of azo groups is 1. The lowest BCUT2D eigenvalue weighted by Crippen LogP contribution is -1.69. The zero-order valence-corrected chi connectivity index (χ0v) is 9.86. The minimum absolute atomic E-state index is 0.275. The topological polar surface area (TPSA) is 24.7 Å². The molecule has 2 aromatic carbocycles. The van der Waals surface area contributed by atoms with Crippen molar-refractivity contribution in [1.29, 1.82) is 0 Å². The molecule has 0 aliphatic rings. The van der Waals surface area contributed by atoms with E-state index < -0.39 is 0 Å². The molecule has 0 aromatic heterocycles. The van der Waals surface area contributed by atoms with Crippen LogP contribution in [0.25, 0.3) is 0 Å². The zero-order chi connectivity index (χ0) is 11.4. The average molecular weight is 279 g/mol. The van der Waals surface area contributed by atoms with E-state index in [1.54, 1.807) is 12.1 Å². The van der Waals surface area contributed by atoms with E-state index in [2.05, 4.69) is 26.2 Å². The molecule has 4 heteroatoms. The monoisotopic (exact) mass is 278 g/mol. The van der Waals surface area contributed by atoms with Crippen LogP contribution in [-0.2, 0) is 0 Å². The Hall–Kier alpha value is -1.55. The summed E-state index contributed by atoms with van der Waals surface area (Å²) in [6.45, 7) is 0. The molecule has 0 radical (unpaired) electrons. The van der Waals surface area contributed by atoms with Crippen LogP contribution in [0.5, 0.6) is 0 Å². The fraction of sp³-hybridized carbons (Fsp3) is 0. The minimum atomic E-state index is -0.275. The second kappa shape index (κ2) is 4.99. The van der Waals surface area contributed by atoms with Gasteiger partial charge in [-0.15, -0.1) is 0 Å². The Morgan fingerprint density at radius 1 is 0.750 bits per heavy atom. The molecule has 0 bridgehead atoms. The van der Waals surface area contributed by atoms with Gasteiger partial charge in [-0.1, -0.05) is 15.9 Å². The van der Waals surface area contributed by atoms with E-state index in [9.17, 15) is 4.39 Å². The Kier molecular flexibility index (Phi) is 3.41. The summed E-state index contributed by atoms with van der Waals surface area (Å²) in [5.74, 6) is -0.275. The summed E-state index contributed by atoms with van der Waals surface area (Å²) in [5.41, 5.74) is 1.39. The Labute approximate surface area is 101 Å². The largest absolute Gasteiger partial charge is 0.207 e. The van der Waals surface area contributed by atoms with Crippen LogP contribution in [0.15, 0.2) is 63.2 Å². The second-order valence-electron chi connectivity index (χ2n) is 3.15. The first-order chi connectivity index (χ1) is 7.74. The Bertz CT molecular complexity index is 444. The van der Waals surface area contributed by atoms with Gasteiger partial charge in [0.05, 0.1) is 11.4 Å². The SMILES string of the molecule is Fc1ccc(N=Nc2ccc(Br)cc2)cc1. The van der Waals surface area contributed by atoms with Gasteiger partial charge in [0.1, 0.15) is 5.82 Å². The molecule has 0 unspecified atom stereocenters. The molecule has 0 heterocycles. The highest BCUT2D eigenvalue weighted by Gasteiger charge is 1.92. The summed E-state index contributed by atoms with van der Waals surface area (Å²) in [6.07, 6.45) is 0. The molecule has 0 fully saturated rings. The maximum Gasteiger partial charge on any atom is 0.123 e. The van der Waals surface area contributed by atoms with E-state index in [-0.39, 0.29) is 5.82 Å². The number of nitrogens with zero attached hydrogens (tertiary/aromatic N) is 2. The van der Waals surface area contributed by atoms with E-state index in [1.165, 1.54) is 12.1 Å². The van der Waals surface area contributed by atoms with Crippen molar-refractivity contribution in [3.05, 3.63) is 58.8 Å². The van der Waals surface area contributed by atoms with Gasteiger partial charge >= 0.3 is 0 Å². The van der Waals surface area contributed by atoms with Crippen molar-refractivity contribution in [1.82, 2.24) is 0 Å². The number of benzene rings is 2.